The summed E-state index contributed by atoms with van der Waals surface area (Å²) in [4.78, 5) is 23.2. The highest BCUT2D eigenvalue weighted by Crippen LogP contribution is 2.61. The van der Waals surface area contributed by atoms with Crippen LogP contribution in [0.4, 0.5) is 5.13 Å². The van der Waals surface area contributed by atoms with E-state index in [0.717, 1.165) is 22.8 Å². The second kappa shape index (κ2) is 5.79. The minimum absolute atomic E-state index is 0.207. The number of carbonyl (C=O) groups excluding carboxylic acids is 2. The van der Waals surface area contributed by atoms with Crippen molar-refractivity contribution in [3.05, 3.63) is 5.01 Å². The van der Waals surface area contributed by atoms with Crippen molar-refractivity contribution >= 4 is 28.3 Å². The fraction of sp³-hybridized carbons (Fsp3) is 0.765. The van der Waals surface area contributed by atoms with Gasteiger partial charge in [0.1, 0.15) is 11.0 Å². The molecule has 1 unspecified atom stereocenters. The molecule has 4 aliphatic rings. The van der Waals surface area contributed by atoms with Gasteiger partial charge in [0, 0.05) is 12.3 Å². The maximum absolute atomic E-state index is 12.1. The van der Waals surface area contributed by atoms with Crippen LogP contribution in [0.1, 0.15) is 57.4 Å². The molecule has 5 rings (SSSR count). The molecule has 0 aromatic carbocycles. The fourth-order valence-corrected chi connectivity index (χ4v) is 6.41. The molecule has 7 heteroatoms. The fourth-order valence-electron chi connectivity index (χ4n) is 5.44. The van der Waals surface area contributed by atoms with Gasteiger partial charge in [0.25, 0.3) is 0 Å². The zero-order valence-corrected chi connectivity index (χ0v) is 15.0. The standard InChI is InChI=1S/C17H24N4O2S/c1-9(18-10(2)22)14(23)19-16-21-20-15(24-16)17-6-11-3-12(7-17)5-13(4-11)8-17/h9,11-13H,3-8H2,1-2H3,(H,18,22)(H,19,21,23). The van der Waals surface area contributed by atoms with Gasteiger partial charge in [-0.1, -0.05) is 11.3 Å². The number of rotatable bonds is 4. The Balaban J connectivity index is 1.47. The topological polar surface area (TPSA) is 84.0 Å². The van der Waals surface area contributed by atoms with Crippen LogP contribution in [0.2, 0.25) is 0 Å². The second-order valence-electron chi connectivity index (χ2n) is 8.02. The predicted octanol–water partition coefficient (Wildman–Crippen LogP) is 2.47. The molecule has 24 heavy (non-hydrogen) atoms. The van der Waals surface area contributed by atoms with Crippen molar-refractivity contribution in [3.63, 3.8) is 0 Å². The summed E-state index contributed by atoms with van der Waals surface area (Å²) < 4.78 is 0. The van der Waals surface area contributed by atoms with Gasteiger partial charge in [-0.05, 0) is 63.2 Å². The quantitative estimate of drug-likeness (QED) is 0.875. The summed E-state index contributed by atoms with van der Waals surface area (Å²) in [6.45, 7) is 3.07. The van der Waals surface area contributed by atoms with Crippen molar-refractivity contribution in [2.24, 2.45) is 17.8 Å². The number of amides is 2. The average Bonchev–Trinajstić information content (AvgIpc) is 2.94. The first-order valence-electron chi connectivity index (χ1n) is 8.85. The second-order valence-corrected chi connectivity index (χ2v) is 9.00. The Bertz CT molecular complexity index is 636. The minimum atomic E-state index is -0.575. The van der Waals surface area contributed by atoms with E-state index in [1.54, 1.807) is 6.92 Å². The number of carbonyl (C=O) groups is 2. The molecule has 0 radical (unpaired) electrons. The first-order chi connectivity index (χ1) is 11.4. The van der Waals surface area contributed by atoms with Crippen molar-refractivity contribution in [1.82, 2.24) is 15.5 Å². The maximum Gasteiger partial charge on any atom is 0.248 e. The number of nitrogens with one attached hydrogen (secondary N) is 2. The van der Waals surface area contributed by atoms with Gasteiger partial charge in [-0.3, -0.25) is 14.9 Å². The lowest BCUT2D eigenvalue weighted by molar-refractivity contribution is -0.124. The number of anilines is 1. The van der Waals surface area contributed by atoms with Crippen molar-refractivity contribution in [2.75, 3.05) is 5.32 Å². The van der Waals surface area contributed by atoms with Gasteiger partial charge in [-0.25, -0.2) is 0 Å². The molecule has 2 amide bonds. The summed E-state index contributed by atoms with van der Waals surface area (Å²) in [5, 5.41) is 15.7. The van der Waals surface area contributed by atoms with Gasteiger partial charge in [-0.2, -0.15) is 0 Å². The Morgan fingerprint density at radius 1 is 1.12 bits per heavy atom. The summed E-state index contributed by atoms with van der Waals surface area (Å²) in [6.07, 6.45) is 7.92. The number of hydrogen-bond donors (Lipinski definition) is 2. The molecule has 1 atom stereocenters. The van der Waals surface area contributed by atoms with Gasteiger partial charge >= 0.3 is 0 Å². The van der Waals surface area contributed by atoms with E-state index in [1.807, 2.05) is 0 Å². The third-order valence-electron chi connectivity index (χ3n) is 5.96. The van der Waals surface area contributed by atoms with Crippen LogP contribution in [0.25, 0.3) is 0 Å². The van der Waals surface area contributed by atoms with Crippen LogP contribution in [-0.2, 0) is 15.0 Å². The summed E-state index contributed by atoms with van der Waals surface area (Å²) in [7, 11) is 0. The van der Waals surface area contributed by atoms with Gasteiger partial charge in [0.05, 0.1) is 0 Å². The number of hydrogen-bond acceptors (Lipinski definition) is 5. The summed E-state index contributed by atoms with van der Waals surface area (Å²) in [5.41, 5.74) is 0.207. The van der Waals surface area contributed by atoms with E-state index in [9.17, 15) is 9.59 Å². The van der Waals surface area contributed by atoms with Crippen molar-refractivity contribution < 1.29 is 9.59 Å². The molecule has 4 saturated carbocycles. The molecule has 1 heterocycles. The van der Waals surface area contributed by atoms with Crippen LogP contribution in [0.3, 0.4) is 0 Å². The van der Waals surface area contributed by atoms with Crippen LogP contribution in [0.15, 0.2) is 0 Å². The van der Waals surface area contributed by atoms with Gasteiger partial charge in [-0.15, -0.1) is 10.2 Å². The highest BCUT2D eigenvalue weighted by atomic mass is 32.1. The van der Waals surface area contributed by atoms with E-state index in [0.29, 0.717) is 5.13 Å². The van der Waals surface area contributed by atoms with Crippen LogP contribution in [0, 0.1) is 17.8 Å². The number of aromatic nitrogens is 2. The molecular formula is C17H24N4O2S. The van der Waals surface area contributed by atoms with Crippen molar-refractivity contribution in [1.29, 1.82) is 0 Å². The van der Waals surface area contributed by atoms with Crippen LogP contribution < -0.4 is 10.6 Å². The molecular weight excluding hydrogens is 324 g/mol. The van der Waals surface area contributed by atoms with Gasteiger partial charge < -0.3 is 5.32 Å². The summed E-state index contributed by atoms with van der Waals surface area (Å²) in [6, 6.07) is -0.575. The van der Waals surface area contributed by atoms with E-state index in [1.165, 1.54) is 56.8 Å². The molecule has 4 aliphatic carbocycles. The molecule has 2 N–H and O–H groups in total. The molecule has 4 fully saturated rings. The van der Waals surface area contributed by atoms with Crippen LogP contribution in [-0.4, -0.2) is 28.1 Å². The SMILES string of the molecule is CC(=O)NC(C)C(=O)Nc1nnc(C23CC4CC(CC(C4)C2)C3)s1. The normalized spacial score (nSPS) is 34.8. The van der Waals surface area contributed by atoms with Crippen molar-refractivity contribution in [2.45, 2.75) is 63.8 Å². The molecule has 4 bridgehead atoms. The monoisotopic (exact) mass is 348 g/mol. The predicted molar refractivity (Wildman–Crippen MR) is 91.7 cm³/mol. The van der Waals surface area contributed by atoms with Crippen molar-refractivity contribution in [3.8, 4) is 0 Å². The van der Waals surface area contributed by atoms with Crippen LogP contribution >= 0.6 is 11.3 Å². The van der Waals surface area contributed by atoms with E-state index in [-0.39, 0.29) is 17.2 Å². The smallest absolute Gasteiger partial charge is 0.248 e. The molecule has 0 aliphatic heterocycles. The average molecular weight is 348 g/mol. The highest BCUT2D eigenvalue weighted by molar-refractivity contribution is 7.15. The Kier molecular flexibility index (Phi) is 3.86. The Morgan fingerprint density at radius 2 is 1.71 bits per heavy atom. The molecule has 1 aromatic rings. The van der Waals surface area contributed by atoms with E-state index in [2.05, 4.69) is 20.8 Å². The zero-order chi connectivity index (χ0) is 16.9. The molecule has 130 valence electrons. The number of nitrogens with zero attached hydrogens (tertiary/aromatic N) is 2. The van der Waals surface area contributed by atoms with Crippen LogP contribution in [0.5, 0.6) is 0 Å². The third-order valence-corrected chi connectivity index (χ3v) is 7.05. The Hall–Kier alpha value is -1.50. The molecule has 6 nitrogen and oxygen atoms in total. The largest absolute Gasteiger partial charge is 0.345 e. The first kappa shape index (κ1) is 16.0. The Morgan fingerprint density at radius 3 is 2.25 bits per heavy atom. The van der Waals surface area contributed by atoms with E-state index in [4.69, 9.17) is 0 Å². The Labute approximate surface area is 145 Å². The maximum atomic E-state index is 12.1. The lowest BCUT2D eigenvalue weighted by Gasteiger charge is -2.55. The third kappa shape index (κ3) is 2.83. The summed E-state index contributed by atoms with van der Waals surface area (Å²) >= 11 is 1.52. The van der Waals surface area contributed by atoms with Gasteiger partial charge in [0.15, 0.2) is 0 Å². The van der Waals surface area contributed by atoms with Gasteiger partial charge in [0.2, 0.25) is 16.9 Å². The molecule has 0 spiro atoms. The van der Waals surface area contributed by atoms with E-state index < -0.39 is 6.04 Å². The van der Waals surface area contributed by atoms with E-state index >= 15 is 0 Å². The zero-order valence-electron chi connectivity index (χ0n) is 14.2. The first-order valence-corrected chi connectivity index (χ1v) is 9.67. The minimum Gasteiger partial charge on any atom is -0.345 e. The lowest BCUT2D eigenvalue weighted by atomic mass is 9.50. The highest BCUT2D eigenvalue weighted by Gasteiger charge is 2.53. The summed E-state index contributed by atoms with van der Waals surface area (Å²) in [5.74, 6) is 2.11. The molecule has 1 aromatic heterocycles. The lowest BCUT2D eigenvalue weighted by Crippen LogP contribution is -2.48. The molecule has 0 saturated heterocycles.